The highest BCUT2D eigenvalue weighted by Crippen LogP contribution is 2.54. The molecule has 33 heavy (non-hydrogen) atoms. The van der Waals surface area contributed by atoms with Gasteiger partial charge in [-0.15, -0.1) is 0 Å². The zero-order chi connectivity index (χ0) is 22.8. The molecule has 2 unspecified atom stereocenters. The van der Waals surface area contributed by atoms with Crippen LogP contribution in [0.15, 0.2) is 90.3 Å². The average Bonchev–Trinajstić information content (AvgIpc) is 3.57. The molecule has 1 fully saturated rings. The normalized spacial score (nSPS) is 19.5. The third-order valence-corrected chi connectivity index (χ3v) is 6.57. The number of ether oxygens (including phenoxy) is 1. The van der Waals surface area contributed by atoms with Crippen LogP contribution in [0.2, 0.25) is 0 Å². The second-order valence-corrected chi connectivity index (χ2v) is 8.70. The Hall–Kier alpha value is -3.99. The van der Waals surface area contributed by atoms with E-state index in [1.807, 2.05) is 54.7 Å². The van der Waals surface area contributed by atoms with Crippen molar-refractivity contribution in [3.8, 4) is 16.9 Å². The summed E-state index contributed by atoms with van der Waals surface area (Å²) in [4.78, 5) is 16.8. The summed E-state index contributed by atoms with van der Waals surface area (Å²) in [7, 11) is 1.67. The van der Waals surface area contributed by atoms with Crippen molar-refractivity contribution in [3.05, 3.63) is 96.3 Å². The molecule has 1 aromatic heterocycles. The lowest BCUT2D eigenvalue weighted by Gasteiger charge is -2.12. The summed E-state index contributed by atoms with van der Waals surface area (Å²) in [6, 6.07) is 24.4. The Labute approximate surface area is 193 Å². The fraction of sp³-hybridized carbons (Fsp3) is 0.179. The van der Waals surface area contributed by atoms with Gasteiger partial charge in [0.05, 0.1) is 19.2 Å². The first-order valence-corrected chi connectivity index (χ1v) is 11.0. The molecular weight excluding hydrogens is 410 g/mol. The number of carbonyl (C=O) groups excluding carboxylic acids is 1. The van der Waals surface area contributed by atoms with Crippen LogP contribution in [-0.4, -0.2) is 24.2 Å². The molecule has 3 aromatic carbocycles. The number of nitrogens with one attached hydrogen (secondary N) is 1. The van der Waals surface area contributed by atoms with Gasteiger partial charge >= 0.3 is 0 Å². The van der Waals surface area contributed by atoms with Gasteiger partial charge in [-0.05, 0) is 58.3 Å². The molecule has 5 rings (SSSR count). The molecule has 1 saturated carbocycles. The molecule has 1 amide bonds. The SMILES string of the molecule is COc1ccc(-c2ccc(C3(C)CC3C(=O)N/N=C/c3ccc4cnccc4c3)cc2)cc1. The van der Waals surface area contributed by atoms with Crippen molar-refractivity contribution in [1.82, 2.24) is 10.4 Å². The van der Waals surface area contributed by atoms with Crippen LogP contribution >= 0.6 is 0 Å². The number of amides is 1. The number of rotatable bonds is 6. The number of methoxy groups -OCH3 is 1. The van der Waals surface area contributed by atoms with Gasteiger partial charge in [0.25, 0.3) is 0 Å². The molecule has 0 saturated heterocycles. The maximum Gasteiger partial charge on any atom is 0.244 e. The van der Waals surface area contributed by atoms with E-state index >= 15 is 0 Å². The molecule has 0 spiro atoms. The van der Waals surface area contributed by atoms with Gasteiger partial charge in [-0.1, -0.05) is 55.5 Å². The van der Waals surface area contributed by atoms with Gasteiger partial charge in [-0.3, -0.25) is 9.78 Å². The molecule has 1 aliphatic rings. The Bertz CT molecular complexity index is 1330. The van der Waals surface area contributed by atoms with Gasteiger partial charge in [-0.25, -0.2) is 5.43 Å². The first kappa shape index (κ1) is 20.9. The maximum atomic E-state index is 12.7. The summed E-state index contributed by atoms with van der Waals surface area (Å²) in [6.07, 6.45) is 6.10. The van der Waals surface area contributed by atoms with Crippen molar-refractivity contribution >= 4 is 22.9 Å². The van der Waals surface area contributed by atoms with Gasteiger partial charge in [0, 0.05) is 23.2 Å². The summed E-state index contributed by atoms with van der Waals surface area (Å²) in [5, 5.41) is 6.35. The van der Waals surface area contributed by atoms with Crippen molar-refractivity contribution in [2.75, 3.05) is 7.11 Å². The summed E-state index contributed by atoms with van der Waals surface area (Å²) < 4.78 is 5.23. The molecule has 164 valence electrons. The van der Waals surface area contributed by atoms with Gasteiger partial charge in [0.15, 0.2) is 0 Å². The second-order valence-electron chi connectivity index (χ2n) is 8.70. The van der Waals surface area contributed by atoms with Crippen molar-refractivity contribution in [1.29, 1.82) is 0 Å². The quantitative estimate of drug-likeness (QED) is 0.329. The second kappa shape index (κ2) is 8.51. The van der Waals surface area contributed by atoms with E-state index in [-0.39, 0.29) is 17.2 Å². The lowest BCUT2D eigenvalue weighted by Crippen LogP contribution is -2.23. The number of fused-ring (bicyclic) bond motifs is 1. The lowest BCUT2D eigenvalue weighted by atomic mass is 9.93. The summed E-state index contributed by atoms with van der Waals surface area (Å²) in [5.41, 5.74) is 6.94. The number of hydrogen-bond donors (Lipinski definition) is 1. The number of carbonyl (C=O) groups is 1. The van der Waals surface area contributed by atoms with E-state index in [9.17, 15) is 4.79 Å². The molecular formula is C28H25N3O2. The number of benzene rings is 3. The highest BCUT2D eigenvalue weighted by atomic mass is 16.5. The number of nitrogens with zero attached hydrogens (tertiary/aromatic N) is 2. The smallest absolute Gasteiger partial charge is 0.244 e. The van der Waals surface area contributed by atoms with Crippen molar-refractivity contribution < 1.29 is 9.53 Å². The number of hydrogen-bond acceptors (Lipinski definition) is 4. The Kier molecular flexibility index (Phi) is 5.38. The molecule has 2 atom stereocenters. The van der Waals surface area contributed by atoms with Crippen LogP contribution in [0.5, 0.6) is 5.75 Å². The Morgan fingerprint density at radius 3 is 2.48 bits per heavy atom. The van der Waals surface area contributed by atoms with E-state index < -0.39 is 0 Å². The maximum absolute atomic E-state index is 12.7. The molecule has 0 bridgehead atoms. The summed E-state index contributed by atoms with van der Waals surface area (Å²) in [6.45, 7) is 2.14. The van der Waals surface area contributed by atoms with Crippen LogP contribution in [0.4, 0.5) is 0 Å². The minimum absolute atomic E-state index is 0.0435. The highest BCUT2D eigenvalue weighted by molar-refractivity contribution is 5.91. The molecule has 4 aromatic rings. The van der Waals surface area contributed by atoms with Crippen molar-refractivity contribution in [3.63, 3.8) is 0 Å². The van der Waals surface area contributed by atoms with E-state index in [1.54, 1.807) is 19.5 Å². The number of pyridine rings is 1. The van der Waals surface area contributed by atoms with Crippen molar-refractivity contribution in [2.24, 2.45) is 11.0 Å². The van der Waals surface area contributed by atoms with E-state index in [4.69, 9.17) is 4.74 Å². The average molecular weight is 436 g/mol. The van der Waals surface area contributed by atoms with Crippen LogP contribution in [0.25, 0.3) is 21.9 Å². The molecule has 1 heterocycles. The van der Waals surface area contributed by atoms with E-state index in [1.165, 1.54) is 5.56 Å². The number of hydrazone groups is 1. The largest absolute Gasteiger partial charge is 0.497 e. The fourth-order valence-electron chi connectivity index (χ4n) is 4.32. The van der Waals surface area contributed by atoms with E-state index in [0.29, 0.717) is 0 Å². The fourth-order valence-corrected chi connectivity index (χ4v) is 4.32. The minimum Gasteiger partial charge on any atom is -0.497 e. The highest BCUT2D eigenvalue weighted by Gasteiger charge is 2.55. The predicted octanol–water partition coefficient (Wildman–Crippen LogP) is 5.34. The Morgan fingerprint density at radius 2 is 1.76 bits per heavy atom. The molecule has 5 heteroatoms. The van der Waals surface area contributed by atoms with Gasteiger partial charge < -0.3 is 4.74 Å². The molecule has 1 N–H and O–H groups in total. The summed E-state index contributed by atoms with van der Waals surface area (Å²) >= 11 is 0. The topological polar surface area (TPSA) is 63.6 Å². The third-order valence-electron chi connectivity index (χ3n) is 6.57. The lowest BCUT2D eigenvalue weighted by molar-refractivity contribution is -0.122. The first-order valence-electron chi connectivity index (χ1n) is 11.0. The van der Waals surface area contributed by atoms with Gasteiger partial charge in [-0.2, -0.15) is 5.10 Å². The minimum atomic E-state index is -0.159. The Balaban J connectivity index is 1.22. The number of aromatic nitrogens is 1. The van der Waals surface area contributed by atoms with Crippen molar-refractivity contribution in [2.45, 2.75) is 18.8 Å². The van der Waals surface area contributed by atoms with Crippen LogP contribution in [0.1, 0.15) is 24.5 Å². The first-order chi connectivity index (χ1) is 16.1. The van der Waals surface area contributed by atoms with Crippen LogP contribution in [0, 0.1) is 5.92 Å². The molecule has 5 nitrogen and oxygen atoms in total. The monoisotopic (exact) mass is 435 g/mol. The molecule has 1 aliphatic carbocycles. The predicted molar refractivity (Wildman–Crippen MR) is 131 cm³/mol. The zero-order valence-electron chi connectivity index (χ0n) is 18.7. The molecule has 0 aliphatic heterocycles. The Morgan fingerprint density at radius 1 is 1.03 bits per heavy atom. The van der Waals surface area contributed by atoms with Gasteiger partial charge in [0.2, 0.25) is 5.91 Å². The van der Waals surface area contributed by atoms with E-state index in [0.717, 1.165) is 39.6 Å². The van der Waals surface area contributed by atoms with Gasteiger partial charge in [0.1, 0.15) is 5.75 Å². The third kappa shape index (κ3) is 4.22. The molecule has 0 radical (unpaired) electrons. The van der Waals surface area contributed by atoms with Crippen LogP contribution in [0.3, 0.4) is 0 Å². The van der Waals surface area contributed by atoms with E-state index in [2.05, 4.69) is 46.7 Å². The summed E-state index contributed by atoms with van der Waals surface area (Å²) in [5.74, 6) is 0.720. The van der Waals surface area contributed by atoms with Crippen LogP contribution in [-0.2, 0) is 10.2 Å². The zero-order valence-corrected chi connectivity index (χ0v) is 18.7. The standard InChI is InChI=1S/C28H25N3O2/c1-28(24-9-5-20(6-10-24)21-7-11-25(33-2)12-8-21)16-26(28)27(32)31-30-17-19-3-4-23-18-29-14-13-22(23)15-19/h3-15,17-18,26H,16H2,1-2H3,(H,31,32)/b30-17+. The van der Waals surface area contributed by atoms with Crippen LogP contribution < -0.4 is 10.2 Å².